The summed E-state index contributed by atoms with van der Waals surface area (Å²) >= 11 is 6.03. The molecule has 0 saturated carbocycles. The van der Waals surface area contributed by atoms with E-state index in [1.807, 2.05) is 6.92 Å². The van der Waals surface area contributed by atoms with Gasteiger partial charge >= 0.3 is 0 Å². The molecule has 0 aliphatic carbocycles. The molecule has 1 amide bonds. The van der Waals surface area contributed by atoms with Crippen LogP contribution in [0.2, 0.25) is 5.02 Å². The Bertz CT molecular complexity index is 664. The molecule has 0 heterocycles. The summed E-state index contributed by atoms with van der Waals surface area (Å²) in [6.07, 6.45) is -0.119. The maximum Gasteiger partial charge on any atom is 0.261 e. The van der Waals surface area contributed by atoms with Crippen molar-refractivity contribution >= 4 is 17.5 Å². The molecule has 0 aromatic heterocycles. The van der Waals surface area contributed by atoms with E-state index in [1.54, 1.807) is 24.3 Å². The second-order valence-electron chi connectivity index (χ2n) is 5.04. The molecular weight excluding hydrogens is 333 g/mol. The van der Waals surface area contributed by atoms with Crippen LogP contribution in [0.1, 0.15) is 13.3 Å². The first-order chi connectivity index (χ1) is 11.6. The zero-order valence-electron chi connectivity index (χ0n) is 13.3. The first kappa shape index (κ1) is 18.1. The van der Waals surface area contributed by atoms with Gasteiger partial charge in [0.05, 0.1) is 11.6 Å². The SMILES string of the molecule is CC[C@H](Oc1ccccc1Cl)C(=O)NCCOc1ccc(F)cc1. The lowest BCUT2D eigenvalue weighted by molar-refractivity contribution is -0.128. The minimum Gasteiger partial charge on any atom is -0.492 e. The van der Waals surface area contributed by atoms with Crippen LogP contribution in [0.15, 0.2) is 48.5 Å². The summed E-state index contributed by atoms with van der Waals surface area (Å²) in [6.45, 7) is 2.45. The molecule has 0 radical (unpaired) electrons. The second-order valence-corrected chi connectivity index (χ2v) is 5.45. The fourth-order valence-electron chi connectivity index (χ4n) is 2.00. The highest BCUT2D eigenvalue weighted by Crippen LogP contribution is 2.24. The van der Waals surface area contributed by atoms with Crippen molar-refractivity contribution in [2.24, 2.45) is 0 Å². The zero-order valence-corrected chi connectivity index (χ0v) is 14.1. The van der Waals surface area contributed by atoms with Crippen molar-refractivity contribution in [3.8, 4) is 11.5 Å². The van der Waals surface area contributed by atoms with Gasteiger partial charge in [-0.15, -0.1) is 0 Å². The molecule has 6 heteroatoms. The first-order valence-corrected chi connectivity index (χ1v) is 8.05. The standard InChI is InChI=1S/C18H19ClFNO3/c1-2-16(24-17-6-4-3-5-15(17)19)18(22)21-11-12-23-14-9-7-13(20)8-10-14/h3-10,16H,2,11-12H2,1H3,(H,21,22)/t16-/m0/s1. The molecule has 0 unspecified atom stereocenters. The number of benzene rings is 2. The van der Waals surface area contributed by atoms with Crippen LogP contribution in [0.5, 0.6) is 11.5 Å². The van der Waals surface area contributed by atoms with E-state index in [4.69, 9.17) is 21.1 Å². The highest BCUT2D eigenvalue weighted by Gasteiger charge is 2.18. The van der Waals surface area contributed by atoms with Gasteiger partial charge in [0.25, 0.3) is 5.91 Å². The molecule has 0 saturated heterocycles. The van der Waals surface area contributed by atoms with Gasteiger partial charge < -0.3 is 14.8 Å². The molecule has 2 aromatic carbocycles. The van der Waals surface area contributed by atoms with Crippen LogP contribution in [0, 0.1) is 5.82 Å². The maximum atomic E-state index is 12.8. The van der Waals surface area contributed by atoms with Gasteiger partial charge in [-0.3, -0.25) is 4.79 Å². The molecule has 128 valence electrons. The summed E-state index contributed by atoms with van der Waals surface area (Å²) in [5.74, 6) is 0.465. The highest BCUT2D eigenvalue weighted by molar-refractivity contribution is 6.32. The van der Waals surface area contributed by atoms with Crippen LogP contribution in [0.25, 0.3) is 0 Å². The fourth-order valence-corrected chi connectivity index (χ4v) is 2.18. The van der Waals surface area contributed by atoms with E-state index in [9.17, 15) is 9.18 Å². The minimum absolute atomic E-state index is 0.236. The Morgan fingerprint density at radius 2 is 1.92 bits per heavy atom. The molecule has 2 rings (SSSR count). The molecule has 0 spiro atoms. The van der Waals surface area contributed by atoms with Crippen molar-refractivity contribution in [1.82, 2.24) is 5.32 Å². The van der Waals surface area contributed by atoms with Crippen molar-refractivity contribution in [2.45, 2.75) is 19.4 Å². The molecule has 1 atom stereocenters. The predicted octanol–water partition coefficient (Wildman–Crippen LogP) is 3.83. The van der Waals surface area contributed by atoms with E-state index in [1.165, 1.54) is 24.3 Å². The summed E-state index contributed by atoms with van der Waals surface area (Å²) in [5, 5.41) is 3.21. The largest absolute Gasteiger partial charge is 0.492 e. The number of ether oxygens (including phenoxy) is 2. The van der Waals surface area contributed by atoms with E-state index in [-0.39, 0.29) is 18.3 Å². The average Bonchev–Trinajstić information content (AvgIpc) is 2.59. The minimum atomic E-state index is -0.629. The number of carbonyl (C=O) groups excluding carboxylic acids is 1. The normalized spacial score (nSPS) is 11.6. The average molecular weight is 352 g/mol. The first-order valence-electron chi connectivity index (χ1n) is 7.67. The van der Waals surface area contributed by atoms with Gasteiger partial charge in [0.15, 0.2) is 6.10 Å². The highest BCUT2D eigenvalue weighted by atomic mass is 35.5. The number of amides is 1. The van der Waals surface area contributed by atoms with Crippen molar-refractivity contribution in [3.63, 3.8) is 0 Å². The van der Waals surface area contributed by atoms with E-state index in [2.05, 4.69) is 5.32 Å². The molecule has 1 N–H and O–H groups in total. The Morgan fingerprint density at radius 3 is 2.58 bits per heavy atom. The smallest absolute Gasteiger partial charge is 0.261 e. The number of hydrogen-bond acceptors (Lipinski definition) is 3. The van der Waals surface area contributed by atoms with Gasteiger partial charge in [-0.05, 0) is 42.8 Å². The van der Waals surface area contributed by atoms with Gasteiger partial charge in [-0.1, -0.05) is 30.7 Å². The summed E-state index contributed by atoms with van der Waals surface area (Å²) in [4.78, 5) is 12.2. The number of hydrogen-bond donors (Lipinski definition) is 1. The summed E-state index contributed by atoms with van der Waals surface area (Å²) in [7, 11) is 0. The van der Waals surface area contributed by atoms with Gasteiger partial charge in [0.1, 0.15) is 23.9 Å². The lowest BCUT2D eigenvalue weighted by Gasteiger charge is -2.18. The molecule has 4 nitrogen and oxygen atoms in total. The summed E-state index contributed by atoms with van der Waals surface area (Å²) in [6, 6.07) is 12.7. The van der Waals surface area contributed by atoms with Crippen LogP contribution in [-0.4, -0.2) is 25.2 Å². The fraction of sp³-hybridized carbons (Fsp3) is 0.278. The maximum absolute atomic E-state index is 12.8. The molecule has 24 heavy (non-hydrogen) atoms. The third kappa shape index (κ3) is 5.42. The monoisotopic (exact) mass is 351 g/mol. The van der Waals surface area contributed by atoms with Crippen molar-refractivity contribution < 1.29 is 18.7 Å². The van der Waals surface area contributed by atoms with E-state index in [0.717, 1.165) is 0 Å². The molecule has 2 aromatic rings. The molecule has 0 fully saturated rings. The zero-order chi connectivity index (χ0) is 17.4. The Kier molecular flexibility index (Phi) is 6.88. The molecule has 0 bridgehead atoms. The number of nitrogens with one attached hydrogen (secondary N) is 1. The third-order valence-corrected chi connectivity index (χ3v) is 3.57. The Labute approximate surface area is 145 Å². The van der Waals surface area contributed by atoms with Crippen LogP contribution >= 0.6 is 11.6 Å². The topological polar surface area (TPSA) is 47.6 Å². The second kappa shape index (κ2) is 9.13. The van der Waals surface area contributed by atoms with Crippen LogP contribution in [0.4, 0.5) is 4.39 Å². The van der Waals surface area contributed by atoms with Gasteiger partial charge in [0.2, 0.25) is 0 Å². The Balaban J connectivity index is 1.77. The van der Waals surface area contributed by atoms with E-state index >= 15 is 0 Å². The number of halogens is 2. The van der Waals surface area contributed by atoms with Crippen molar-refractivity contribution in [1.29, 1.82) is 0 Å². The summed E-state index contributed by atoms with van der Waals surface area (Å²) < 4.78 is 23.9. The molecule has 0 aliphatic rings. The van der Waals surface area contributed by atoms with Crippen LogP contribution in [-0.2, 0) is 4.79 Å². The lowest BCUT2D eigenvalue weighted by Crippen LogP contribution is -2.39. The van der Waals surface area contributed by atoms with Gasteiger partial charge in [-0.2, -0.15) is 0 Å². The van der Waals surface area contributed by atoms with Crippen molar-refractivity contribution in [3.05, 3.63) is 59.4 Å². The van der Waals surface area contributed by atoms with Crippen molar-refractivity contribution in [2.75, 3.05) is 13.2 Å². The number of carbonyl (C=O) groups is 1. The van der Waals surface area contributed by atoms with Crippen LogP contribution < -0.4 is 14.8 Å². The number of para-hydroxylation sites is 1. The van der Waals surface area contributed by atoms with E-state index in [0.29, 0.717) is 29.5 Å². The lowest BCUT2D eigenvalue weighted by atomic mass is 10.2. The molecular formula is C18H19ClFNO3. The summed E-state index contributed by atoms with van der Waals surface area (Å²) in [5.41, 5.74) is 0. The van der Waals surface area contributed by atoms with Crippen LogP contribution in [0.3, 0.4) is 0 Å². The quantitative estimate of drug-likeness (QED) is 0.735. The van der Waals surface area contributed by atoms with Gasteiger partial charge in [0, 0.05) is 0 Å². The van der Waals surface area contributed by atoms with E-state index < -0.39 is 6.10 Å². The Hall–Kier alpha value is -2.27. The predicted molar refractivity (Wildman–Crippen MR) is 91.1 cm³/mol. The third-order valence-electron chi connectivity index (χ3n) is 3.25. The number of rotatable bonds is 8. The van der Waals surface area contributed by atoms with Gasteiger partial charge in [-0.25, -0.2) is 4.39 Å². The Morgan fingerprint density at radius 1 is 1.21 bits per heavy atom. The molecule has 0 aliphatic heterocycles.